The molecule has 3 rings (SSSR count). The summed E-state index contributed by atoms with van der Waals surface area (Å²) in [5.41, 5.74) is 1.52. The van der Waals surface area contributed by atoms with Crippen molar-refractivity contribution in [3.05, 3.63) is 65.5 Å². The predicted molar refractivity (Wildman–Crippen MR) is 82.7 cm³/mol. The highest BCUT2D eigenvalue weighted by Crippen LogP contribution is 2.25. The van der Waals surface area contributed by atoms with Gasteiger partial charge in [0.25, 0.3) is 12.1 Å². The van der Waals surface area contributed by atoms with Crippen molar-refractivity contribution in [2.75, 3.05) is 5.32 Å². The Kier molecular flexibility index (Phi) is 3.89. The number of anilines is 1. The fourth-order valence-electron chi connectivity index (χ4n) is 2.34. The van der Waals surface area contributed by atoms with Crippen LogP contribution in [0.15, 0.2) is 53.5 Å². The van der Waals surface area contributed by atoms with E-state index in [1.165, 1.54) is 13.0 Å². The number of aliphatic imine (C=N–C) groups is 1. The summed E-state index contributed by atoms with van der Waals surface area (Å²) in [4.78, 5) is 27.6. The number of nitrogens with zero attached hydrogens (tertiary/aromatic N) is 1. The standard InChI is InChI=1S/C17H13FN2O3/c1-10(21)23-17-16(22)19-14-9-5-3-7-12(14)15(20-17)11-6-2-4-8-13(11)18/h2-9,17H,1H3,(H,19,22). The van der Waals surface area contributed by atoms with Gasteiger partial charge in [0.15, 0.2) is 0 Å². The van der Waals surface area contributed by atoms with Gasteiger partial charge < -0.3 is 10.1 Å². The van der Waals surface area contributed by atoms with Gasteiger partial charge in [0.1, 0.15) is 5.82 Å². The third-order valence-corrected chi connectivity index (χ3v) is 3.32. The topological polar surface area (TPSA) is 67.8 Å². The maximum Gasteiger partial charge on any atom is 0.305 e. The van der Waals surface area contributed by atoms with Gasteiger partial charge in [-0.05, 0) is 18.2 Å². The molecule has 1 aliphatic heterocycles. The predicted octanol–water partition coefficient (Wildman–Crippen LogP) is 2.50. The molecule has 1 N–H and O–H groups in total. The van der Waals surface area contributed by atoms with Crippen molar-refractivity contribution in [2.45, 2.75) is 13.2 Å². The number of fused-ring (bicyclic) bond motifs is 1. The van der Waals surface area contributed by atoms with Crippen molar-refractivity contribution in [2.24, 2.45) is 4.99 Å². The molecule has 2 aromatic rings. The number of rotatable bonds is 2. The number of hydrogen-bond acceptors (Lipinski definition) is 4. The maximum atomic E-state index is 14.2. The zero-order valence-corrected chi connectivity index (χ0v) is 12.2. The lowest BCUT2D eigenvalue weighted by Gasteiger charge is -2.11. The molecule has 6 heteroatoms. The molecule has 0 saturated heterocycles. The Labute approximate surface area is 131 Å². The molecular formula is C17H13FN2O3. The summed E-state index contributed by atoms with van der Waals surface area (Å²) >= 11 is 0. The first kappa shape index (κ1) is 14.9. The molecule has 0 bridgehead atoms. The van der Waals surface area contributed by atoms with E-state index >= 15 is 0 Å². The maximum absolute atomic E-state index is 14.2. The SMILES string of the molecule is CC(=O)OC1N=C(c2ccccc2F)c2ccccc2NC1=O. The number of esters is 1. The van der Waals surface area contributed by atoms with Crippen molar-refractivity contribution in [1.82, 2.24) is 0 Å². The lowest BCUT2D eigenvalue weighted by atomic mass is 10.0. The van der Waals surface area contributed by atoms with Crippen LogP contribution in [0.1, 0.15) is 18.1 Å². The van der Waals surface area contributed by atoms with Crippen LogP contribution in [-0.4, -0.2) is 23.8 Å². The highest BCUT2D eigenvalue weighted by Gasteiger charge is 2.28. The molecule has 1 amide bonds. The Morgan fingerprint density at radius 3 is 2.48 bits per heavy atom. The molecule has 116 valence electrons. The Hall–Kier alpha value is -3.02. The van der Waals surface area contributed by atoms with Gasteiger partial charge >= 0.3 is 5.97 Å². The van der Waals surface area contributed by atoms with E-state index in [1.54, 1.807) is 42.5 Å². The average molecular weight is 312 g/mol. The van der Waals surface area contributed by atoms with Gasteiger partial charge in [0.05, 0.1) is 11.4 Å². The van der Waals surface area contributed by atoms with Crippen LogP contribution < -0.4 is 5.32 Å². The van der Waals surface area contributed by atoms with Crippen molar-refractivity contribution in [3.63, 3.8) is 0 Å². The number of hydrogen-bond donors (Lipinski definition) is 1. The van der Waals surface area contributed by atoms with Crippen molar-refractivity contribution < 1.29 is 18.7 Å². The van der Waals surface area contributed by atoms with Gasteiger partial charge in [-0.25, -0.2) is 9.38 Å². The molecule has 23 heavy (non-hydrogen) atoms. The summed E-state index contributed by atoms with van der Waals surface area (Å²) in [5.74, 6) is -1.70. The second-order valence-corrected chi connectivity index (χ2v) is 4.95. The Balaban J connectivity index is 2.20. The summed E-state index contributed by atoms with van der Waals surface area (Å²) in [5, 5.41) is 2.64. The Morgan fingerprint density at radius 1 is 1.13 bits per heavy atom. The Morgan fingerprint density at radius 2 is 1.78 bits per heavy atom. The second kappa shape index (κ2) is 6.00. The average Bonchev–Trinajstić information content (AvgIpc) is 2.65. The molecule has 1 heterocycles. The molecule has 2 aromatic carbocycles. The summed E-state index contributed by atoms with van der Waals surface area (Å²) in [6, 6.07) is 13.0. The normalized spacial score (nSPS) is 16.7. The van der Waals surface area contributed by atoms with Crippen LogP contribution in [0.2, 0.25) is 0 Å². The number of benzene rings is 2. The number of carbonyl (C=O) groups excluding carboxylic acids is 2. The van der Waals surface area contributed by atoms with E-state index in [-0.39, 0.29) is 11.3 Å². The van der Waals surface area contributed by atoms with Crippen LogP contribution in [-0.2, 0) is 14.3 Å². The molecule has 0 aromatic heterocycles. The van der Waals surface area contributed by atoms with Crippen molar-refractivity contribution in [3.8, 4) is 0 Å². The van der Waals surface area contributed by atoms with E-state index in [0.29, 0.717) is 11.3 Å². The first-order valence-corrected chi connectivity index (χ1v) is 6.96. The highest BCUT2D eigenvalue weighted by atomic mass is 19.1. The number of ether oxygens (including phenoxy) is 1. The van der Waals surface area contributed by atoms with Gasteiger partial charge in [-0.1, -0.05) is 30.3 Å². The molecule has 0 aliphatic carbocycles. The van der Waals surface area contributed by atoms with Crippen LogP contribution in [0, 0.1) is 5.82 Å². The zero-order chi connectivity index (χ0) is 16.4. The van der Waals surface area contributed by atoms with Crippen molar-refractivity contribution in [1.29, 1.82) is 0 Å². The molecule has 0 spiro atoms. The highest BCUT2D eigenvalue weighted by molar-refractivity contribution is 6.19. The van der Waals surface area contributed by atoms with Gasteiger partial charge in [-0.15, -0.1) is 0 Å². The van der Waals surface area contributed by atoms with Crippen LogP contribution in [0.25, 0.3) is 0 Å². The number of amides is 1. The number of benzodiazepines with no additional fused rings is 1. The smallest absolute Gasteiger partial charge is 0.305 e. The van der Waals surface area contributed by atoms with E-state index in [2.05, 4.69) is 10.3 Å². The summed E-state index contributed by atoms with van der Waals surface area (Å²) in [7, 11) is 0. The van der Waals surface area contributed by atoms with E-state index in [0.717, 1.165) is 0 Å². The summed E-state index contributed by atoms with van der Waals surface area (Å²) < 4.78 is 19.1. The number of nitrogens with one attached hydrogen (secondary N) is 1. The monoisotopic (exact) mass is 312 g/mol. The minimum Gasteiger partial charge on any atom is -0.430 e. The van der Waals surface area contributed by atoms with Gasteiger partial charge in [-0.3, -0.25) is 9.59 Å². The molecule has 0 radical (unpaired) electrons. The van der Waals surface area contributed by atoms with Crippen LogP contribution in [0.5, 0.6) is 0 Å². The molecule has 0 fully saturated rings. The van der Waals surface area contributed by atoms with Crippen LogP contribution >= 0.6 is 0 Å². The number of para-hydroxylation sites is 1. The van der Waals surface area contributed by atoms with Crippen LogP contribution in [0.4, 0.5) is 10.1 Å². The molecule has 1 atom stereocenters. The second-order valence-electron chi connectivity index (χ2n) is 4.95. The van der Waals surface area contributed by atoms with E-state index in [1.807, 2.05) is 0 Å². The Bertz CT molecular complexity index is 817. The van der Waals surface area contributed by atoms with Gasteiger partial charge in [0, 0.05) is 18.1 Å². The molecule has 5 nitrogen and oxygen atoms in total. The lowest BCUT2D eigenvalue weighted by molar-refractivity contribution is -0.151. The zero-order valence-electron chi connectivity index (χ0n) is 12.2. The molecular weight excluding hydrogens is 299 g/mol. The van der Waals surface area contributed by atoms with E-state index in [9.17, 15) is 14.0 Å². The third-order valence-electron chi connectivity index (χ3n) is 3.32. The fraction of sp³-hybridized carbons (Fsp3) is 0.118. The first-order chi connectivity index (χ1) is 11.1. The first-order valence-electron chi connectivity index (χ1n) is 6.96. The van der Waals surface area contributed by atoms with Gasteiger partial charge in [0.2, 0.25) is 0 Å². The van der Waals surface area contributed by atoms with E-state index < -0.39 is 23.9 Å². The minimum absolute atomic E-state index is 0.230. The van der Waals surface area contributed by atoms with Crippen molar-refractivity contribution >= 4 is 23.3 Å². The van der Waals surface area contributed by atoms with Crippen LogP contribution in [0.3, 0.4) is 0 Å². The third kappa shape index (κ3) is 2.96. The van der Waals surface area contributed by atoms with E-state index in [4.69, 9.17) is 4.74 Å². The largest absolute Gasteiger partial charge is 0.430 e. The summed E-state index contributed by atoms with van der Waals surface area (Å²) in [6.07, 6.45) is -1.37. The fourth-order valence-corrected chi connectivity index (χ4v) is 2.34. The summed E-state index contributed by atoms with van der Waals surface area (Å²) in [6.45, 7) is 1.18. The lowest BCUT2D eigenvalue weighted by Crippen LogP contribution is -2.29. The molecule has 0 saturated carbocycles. The quantitative estimate of drug-likeness (QED) is 0.866. The molecule has 1 unspecified atom stereocenters. The molecule has 1 aliphatic rings. The number of halogens is 1. The number of carbonyl (C=O) groups is 2. The van der Waals surface area contributed by atoms with Gasteiger partial charge in [-0.2, -0.15) is 0 Å². The minimum atomic E-state index is -1.37.